The van der Waals surface area contributed by atoms with Crippen molar-refractivity contribution in [2.75, 3.05) is 6.61 Å². The highest BCUT2D eigenvalue weighted by molar-refractivity contribution is 5.76. The highest BCUT2D eigenvalue weighted by atomic mass is 16.3. The number of aliphatic hydroxyl groups excluding tert-OH is 2. The Labute approximate surface area is 385 Å². The smallest absolute Gasteiger partial charge is 0.220 e. The third-order valence-corrected chi connectivity index (χ3v) is 11.2. The summed E-state index contributed by atoms with van der Waals surface area (Å²) in [4.78, 5) is 12.4. The summed E-state index contributed by atoms with van der Waals surface area (Å²) < 4.78 is 0. The first-order chi connectivity index (χ1) is 30.7. The zero-order chi connectivity index (χ0) is 44.9. The fourth-order valence-corrected chi connectivity index (χ4v) is 7.29. The molecule has 0 aliphatic rings. The predicted molar refractivity (Wildman–Crippen MR) is 276 cm³/mol. The molecule has 0 aromatic rings. The van der Waals surface area contributed by atoms with Crippen molar-refractivity contribution in [1.29, 1.82) is 0 Å². The second kappa shape index (κ2) is 52.4. The van der Waals surface area contributed by atoms with Crippen molar-refractivity contribution < 1.29 is 15.0 Å². The molecule has 0 fully saturated rings. The van der Waals surface area contributed by atoms with Gasteiger partial charge in [0.25, 0.3) is 0 Å². The molecule has 0 aromatic heterocycles. The van der Waals surface area contributed by atoms with Crippen LogP contribution in [-0.4, -0.2) is 34.9 Å². The van der Waals surface area contributed by atoms with Gasteiger partial charge in [-0.2, -0.15) is 0 Å². The molecule has 0 aliphatic heterocycles. The summed E-state index contributed by atoms with van der Waals surface area (Å²) >= 11 is 0. The molecule has 0 saturated carbocycles. The molecule has 4 heteroatoms. The van der Waals surface area contributed by atoms with Crippen molar-refractivity contribution in [3.8, 4) is 0 Å². The minimum atomic E-state index is -0.879. The van der Waals surface area contributed by atoms with E-state index in [1.54, 1.807) is 6.08 Å². The minimum Gasteiger partial charge on any atom is -0.394 e. The first-order valence-corrected chi connectivity index (χ1v) is 26.1. The topological polar surface area (TPSA) is 69.6 Å². The molecule has 0 bridgehead atoms. The number of carbonyl (C=O) groups excluding carboxylic acids is 1. The predicted octanol–water partition coefficient (Wildman–Crippen LogP) is 17.1. The van der Waals surface area contributed by atoms with E-state index in [0.29, 0.717) is 6.42 Å². The van der Waals surface area contributed by atoms with E-state index in [1.165, 1.54) is 122 Å². The lowest BCUT2D eigenvalue weighted by atomic mass is 10.0. The number of hydrogen-bond acceptors (Lipinski definition) is 3. The Morgan fingerprint density at radius 3 is 1.13 bits per heavy atom. The number of rotatable bonds is 46. The van der Waals surface area contributed by atoms with Crippen LogP contribution in [0, 0.1) is 0 Å². The fourth-order valence-electron chi connectivity index (χ4n) is 7.29. The van der Waals surface area contributed by atoms with E-state index in [-0.39, 0.29) is 12.5 Å². The average Bonchev–Trinajstić information content (AvgIpc) is 3.28. The molecule has 0 aliphatic carbocycles. The molecule has 0 heterocycles. The van der Waals surface area contributed by atoms with E-state index >= 15 is 0 Å². The molecule has 4 nitrogen and oxygen atoms in total. The third-order valence-electron chi connectivity index (χ3n) is 11.2. The Hall–Kier alpha value is -2.95. The van der Waals surface area contributed by atoms with E-state index in [2.05, 4.69) is 116 Å². The normalized spacial score (nSPS) is 13.8. The van der Waals surface area contributed by atoms with Gasteiger partial charge >= 0.3 is 0 Å². The zero-order valence-corrected chi connectivity index (χ0v) is 40.6. The maximum Gasteiger partial charge on any atom is 0.220 e. The Morgan fingerprint density at radius 2 is 0.726 bits per heavy atom. The number of allylic oxidation sites excluding steroid dienone is 17. The van der Waals surface area contributed by atoms with Crippen LogP contribution in [0.3, 0.4) is 0 Å². The van der Waals surface area contributed by atoms with Crippen molar-refractivity contribution in [3.63, 3.8) is 0 Å². The summed E-state index contributed by atoms with van der Waals surface area (Å²) in [7, 11) is 0. The van der Waals surface area contributed by atoms with Gasteiger partial charge in [0.2, 0.25) is 5.91 Å². The number of amides is 1. The van der Waals surface area contributed by atoms with Gasteiger partial charge < -0.3 is 15.5 Å². The van der Waals surface area contributed by atoms with E-state index in [9.17, 15) is 15.0 Å². The van der Waals surface area contributed by atoms with Gasteiger partial charge in [0, 0.05) is 6.42 Å². The van der Waals surface area contributed by atoms with Crippen LogP contribution in [0.4, 0.5) is 0 Å². The van der Waals surface area contributed by atoms with Crippen LogP contribution >= 0.6 is 0 Å². The maximum atomic E-state index is 12.4. The summed E-state index contributed by atoms with van der Waals surface area (Å²) in [6.07, 6.45) is 79.4. The van der Waals surface area contributed by atoms with Crippen LogP contribution < -0.4 is 5.32 Å². The van der Waals surface area contributed by atoms with Crippen molar-refractivity contribution in [2.24, 2.45) is 0 Å². The van der Waals surface area contributed by atoms with Gasteiger partial charge in [-0.05, 0) is 89.9 Å². The molecule has 354 valence electrons. The first-order valence-electron chi connectivity index (χ1n) is 26.1. The molecule has 62 heavy (non-hydrogen) atoms. The summed E-state index contributed by atoms with van der Waals surface area (Å²) in [6, 6.07) is -0.659. The van der Waals surface area contributed by atoms with Gasteiger partial charge in [-0.25, -0.2) is 0 Å². The molecule has 0 rings (SSSR count). The molecular formula is C58H99NO3. The standard InChI is InChI=1S/C58H99NO3/c1-3-5-7-9-11-13-15-17-19-21-23-25-27-28-29-30-32-34-36-38-40-42-44-46-48-50-52-54-58(62)59-56(55-60)57(61)53-51-49-47-45-43-41-39-37-35-33-31-26-24-22-20-18-16-14-12-10-8-6-4-2/h5,7,11,13,17,19,23,25,28-29,32,34,38,40,43,45,51,53,56-57,60-61H,3-4,6,8-10,12,14-16,18,20-22,24,26-27,30-31,33,35-37,39,41-42,44,46-50,52,54-55H2,1-2H3,(H,59,62)/b7-5-,13-11-,19-17-,25-23-,29-28-,34-32-,40-38-,45-43+,53-51+. The summed E-state index contributed by atoms with van der Waals surface area (Å²) in [6.45, 7) is 4.18. The number of unbranched alkanes of at least 4 members (excludes halogenated alkanes) is 23. The summed E-state index contributed by atoms with van der Waals surface area (Å²) in [5.41, 5.74) is 0. The van der Waals surface area contributed by atoms with E-state index < -0.39 is 12.1 Å². The van der Waals surface area contributed by atoms with Gasteiger partial charge in [0.15, 0.2) is 0 Å². The Balaban J connectivity index is 3.68. The number of nitrogens with one attached hydrogen (secondary N) is 1. The Morgan fingerprint density at radius 1 is 0.403 bits per heavy atom. The highest BCUT2D eigenvalue weighted by Crippen LogP contribution is 2.15. The highest BCUT2D eigenvalue weighted by Gasteiger charge is 2.17. The van der Waals surface area contributed by atoms with Crippen LogP contribution in [-0.2, 0) is 4.79 Å². The zero-order valence-electron chi connectivity index (χ0n) is 40.6. The van der Waals surface area contributed by atoms with Crippen molar-refractivity contribution in [1.82, 2.24) is 5.32 Å². The van der Waals surface area contributed by atoms with Crippen LogP contribution in [0.1, 0.15) is 232 Å². The van der Waals surface area contributed by atoms with Crippen LogP contribution in [0.2, 0.25) is 0 Å². The summed E-state index contributed by atoms with van der Waals surface area (Å²) in [5.74, 6) is -0.0962. The largest absolute Gasteiger partial charge is 0.394 e. The Kier molecular flexibility index (Phi) is 49.9. The quantitative estimate of drug-likeness (QED) is 0.0422. The van der Waals surface area contributed by atoms with Gasteiger partial charge in [0.1, 0.15) is 0 Å². The lowest BCUT2D eigenvalue weighted by molar-refractivity contribution is -0.123. The van der Waals surface area contributed by atoms with Gasteiger partial charge in [-0.1, -0.05) is 245 Å². The second-order valence-electron chi connectivity index (χ2n) is 17.2. The van der Waals surface area contributed by atoms with Crippen LogP contribution in [0.25, 0.3) is 0 Å². The lowest BCUT2D eigenvalue weighted by Crippen LogP contribution is -2.45. The molecule has 1 amide bonds. The van der Waals surface area contributed by atoms with E-state index in [0.717, 1.165) is 89.9 Å². The number of carbonyl (C=O) groups is 1. The van der Waals surface area contributed by atoms with Crippen LogP contribution in [0.5, 0.6) is 0 Å². The van der Waals surface area contributed by atoms with E-state index in [1.807, 2.05) is 6.08 Å². The maximum absolute atomic E-state index is 12.4. The molecule has 2 unspecified atom stereocenters. The monoisotopic (exact) mass is 858 g/mol. The summed E-state index contributed by atoms with van der Waals surface area (Å²) in [5, 5.41) is 23.1. The van der Waals surface area contributed by atoms with Crippen molar-refractivity contribution >= 4 is 5.91 Å². The SMILES string of the molecule is CC/C=C\C/C=C\C/C=C\C/C=C\C/C=C\C/C=C\C/C=C\CCCCCCCC(=O)NC(CO)C(O)/C=C/CC/C=C/CCCCCCCCCCCCCCCCCCC. The van der Waals surface area contributed by atoms with Gasteiger partial charge in [0.05, 0.1) is 18.8 Å². The van der Waals surface area contributed by atoms with Gasteiger partial charge in [-0.15, -0.1) is 0 Å². The number of aliphatic hydroxyl groups is 2. The minimum absolute atomic E-state index is 0.0962. The molecule has 0 radical (unpaired) electrons. The first kappa shape index (κ1) is 59.0. The fraction of sp³-hybridized carbons (Fsp3) is 0.672. The van der Waals surface area contributed by atoms with Crippen LogP contribution in [0.15, 0.2) is 109 Å². The molecular weight excluding hydrogens is 759 g/mol. The second-order valence-corrected chi connectivity index (χ2v) is 17.2. The average molecular weight is 858 g/mol. The van der Waals surface area contributed by atoms with Gasteiger partial charge in [-0.3, -0.25) is 4.79 Å². The molecule has 0 spiro atoms. The van der Waals surface area contributed by atoms with Crippen molar-refractivity contribution in [3.05, 3.63) is 109 Å². The molecule has 0 saturated heterocycles. The molecule has 2 atom stereocenters. The third kappa shape index (κ3) is 48.1. The lowest BCUT2D eigenvalue weighted by Gasteiger charge is -2.19. The van der Waals surface area contributed by atoms with Crippen molar-refractivity contribution in [2.45, 2.75) is 244 Å². The molecule has 3 N–H and O–H groups in total. The Bertz CT molecular complexity index is 1200. The molecule has 0 aromatic carbocycles. The van der Waals surface area contributed by atoms with E-state index in [4.69, 9.17) is 0 Å². The number of hydrogen-bond donors (Lipinski definition) is 3.